The van der Waals surface area contributed by atoms with Crippen LogP contribution in [0, 0.1) is 11.8 Å². The van der Waals surface area contributed by atoms with E-state index in [9.17, 15) is 4.79 Å². The normalized spacial score (nSPS) is 19.7. The van der Waals surface area contributed by atoms with E-state index in [2.05, 4.69) is 36.9 Å². The number of hydrogen-bond donors (Lipinski definition) is 3. The molecule has 2 rings (SSSR count). The number of carbonyl (C=O) groups is 1. The number of thiocarbonyl (C=S) groups is 1. The lowest BCUT2D eigenvalue weighted by molar-refractivity contribution is 0.0943. The summed E-state index contributed by atoms with van der Waals surface area (Å²) in [4.78, 5) is 12.2. The van der Waals surface area contributed by atoms with Gasteiger partial charge in [-0.1, -0.05) is 33.6 Å². The summed E-state index contributed by atoms with van der Waals surface area (Å²) in [6.45, 7) is 7.25. The van der Waals surface area contributed by atoms with Crippen LogP contribution in [-0.2, 0) is 0 Å². The van der Waals surface area contributed by atoms with Gasteiger partial charge in [-0.05, 0) is 67.6 Å². The van der Waals surface area contributed by atoms with Gasteiger partial charge in [-0.3, -0.25) is 15.6 Å². The summed E-state index contributed by atoms with van der Waals surface area (Å²) in [5, 5.41) is 3.77. The summed E-state index contributed by atoms with van der Waals surface area (Å²) in [5.41, 5.74) is 6.00. The SMILES string of the molecule is CC(C)CCOc1ccc(C(=O)NNC(=S)N[C@H]2CCCC[C@H]2C)cc1. The maximum absolute atomic E-state index is 12.2. The van der Waals surface area contributed by atoms with Crippen LogP contribution in [0.25, 0.3) is 0 Å². The Labute approximate surface area is 162 Å². The first kappa shape index (κ1) is 20.5. The van der Waals surface area contributed by atoms with Gasteiger partial charge in [-0.2, -0.15) is 0 Å². The van der Waals surface area contributed by atoms with Gasteiger partial charge < -0.3 is 10.1 Å². The van der Waals surface area contributed by atoms with Crippen LogP contribution < -0.4 is 20.9 Å². The highest BCUT2D eigenvalue weighted by atomic mass is 32.1. The summed E-state index contributed by atoms with van der Waals surface area (Å²) < 4.78 is 5.67. The van der Waals surface area contributed by atoms with Gasteiger partial charge in [-0.15, -0.1) is 0 Å². The number of amides is 1. The molecule has 0 heterocycles. The van der Waals surface area contributed by atoms with Crippen molar-refractivity contribution in [1.82, 2.24) is 16.2 Å². The second kappa shape index (κ2) is 10.4. The Morgan fingerprint density at radius 2 is 1.88 bits per heavy atom. The number of hydrogen-bond acceptors (Lipinski definition) is 3. The second-order valence-corrected chi connectivity index (χ2v) is 7.88. The van der Waals surface area contributed by atoms with Crippen molar-refractivity contribution in [1.29, 1.82) is 0 Å². The second-order valence-electron chi connectivity index (χ2n) is 7.48. The summed E-state index contributed by atoms with van der Waals surface area (Å²) in [7, 11) is 0. The first-order valence-electron chi connectivity index (χ1n) is 9.55. The van der Waals surface area contributed by atoms with E-state index in [1.807, 2.05) is 12.1 Å². The fraction of sp³-hybridized carbons (Fsp3) is 0.600. The minimum absolute atomic E-state index is 0.223. The minimum Gasteiger partial charge on any atom is -0.494 e. The smallest absolute Gasteiger partial charge is 0.269 e. The molecule has 0 unspecified atom stereocenters. The molecule has 1 aliphatic rings. The molecule has 6 heteroatoms. The van der Waals surface area contributed by atoms with Crippen LogP contribution in [0.3, 0.4) is 0 Å². The average Bonchev–Trinajstić information content (AvgIpc) is 2.62. The lowest BCUT2D eigenvalue weighted by Gasteiger charge is -2.30. The van der Waals surface area contributed by atoms with Crippen molar-refractivity contribution in [2.24, 2.45) is 11.8 Å². The van der Waals surface area contributed by atoms with E-state index in [4.69, 9.17) is 17.0 Å². The number of carbonyl (C=O) groups excluding carboxylic acids is 1. The molecular formula is C20H31N3O2S. The van der Waals surface area contributed by atoms with Crippen LogP contribution in [0.4, 0.5) is 0 Å². The largest absolute Gasteiger partial charge is 0.494 e. The molecular weight excluding hydrogens is 346 g/mol. The van der Waals surface area contributed by atoms with Crippen LogP contribution >= 0.6 is 12.2 Å². The van der Waals surface area contributed by atoms with Crippen LogP contribution in [0.5, 0.6) is 5.75 Å². The molecule has 0 bridgehead atoms. The zero-order chi connectivity index (χ0) is 18.9. The predicted octanol–water partition coefficient (Wildman–Crippen LogP) is 3.80. The molecule has 1 aromatic rings. The lowest BCUT2D eigenvalue weighted by Crippen LogP contribution is -2.51. The molecule has 0 spiro atoms. The van der Waals surface area contributed by atoms with Gasteiger partial charge in [0.2, 0.25) is 0 Å². The van der Waals surface area contributed by atoms with E-state index in [-0.39, 0.29) is 5.91 Å². The maximum Gasteiger partial charge on any atom is 0.269 e. The van der Waals surface area contributed by atoms with Gasteiger partial charge in [0.1, 0.15) is 5.75 Å². The Kier molecular flexibility index (Phi) is 8.16. The Morgan fingerprint density at radius 3 is 2.54 bits per heavy atom. The third-order valence-electron chi connectivity index (χ3n) is 4.80. The van der Waals surface area contributed by atoms with Crippen molar-refractivity contribution in [2.45, 2.75) is 58.9 Å². The highest BCUT2D eigenvalue weighted by molar-refractivity contribution is 7.80. The van der Waals surface area contributed by atoms with Gasteiger partial charge in [0.25, 0.3) is 5.91 Å². The Balaban J connectivity index is 1.73. The number of hydrazine groups is 1. The van der Waals surface area contributed by atoms with E-state index >= 15 is 0 Å². The number of ether oxygens (including phenoxy) is 1. The van der Waals surface area contributed by atoms with Crippen LogP contribution in [-0.4, -0.2) is 23.7 Å². The third kappa shape index (κ3) is 6.83. The van der Waals surface area contributed by atoms with E-state index in [0.717, 1.165) is 18.6 Å². The van der Waals surface area contributed by atoms with Gasteiger partial charge in [0, 0.05) is 11.6 Å². The van der Waals surface area contributed by atoms with Crippen LogP contribution in [0.1, 0.15) is 63.2 Å². The fourth-order valence-corrected chi connectivity index (χ4v) is 3.24. The first-order valence-corrected chi connectivity index (χ1v) is 9.96. The van der Waals surface area contributed by atoms with E-state index < -0.39 is 0 Å². The molecule has 26 heavy (non-hydrogen) atoms. The summed E-state index contributed by atoms with van der Waals surface area (Å²) in [5.74, 6) is 1.76. The standard InChI is InChI=1S/C20H31N3O2S/c1-14(2)12-13-25-17-10-8-16(9-11-17)19(24)22-23-20(26)21-18-7-5-4-6-15(18)3/h8-11,14-15,18H,4-7,12-13H2,1-3H3,(H,22,24)(H2,21,23,26)/t15-,18+/m1/s1. The number of benzene rings is 1. The first-order chi connectivity index (χ1) is 12.5. The molecule has 144 valence electrons. The highest BCUT2D eigenvalue weighted by Crippen LogP contribution is 2.23. The summed E-state index contributed by atoms with van der Waals surface area (Å²) in [6.07, 6.45) is 5.86. The highest BCUT2D eigenvalue weighted by Gasteiger charge is 2.21. The molecule has 0 aliphatic heterocycles. The minimum atomic E-state index is -0.223. The maximum atomic E-state index is 12.2. The van der Waals surface area contributed by atoms with Gasteiger partial charge in [0.05, 0.1) is 6.61 Å². The topological polar surface area (TPSA) is 62.4 Å². The fourth-order valence-electron chi connectivity index (χ4n) is 3.04. The molecule has 0 aromatic heterocycles. The Bertz CT molecular complexity index is 589. The van der Waals surface area contributed by atoms with Crippen LogP contribution in [0.15, 0.2) is 24.3 Å². The van der Waals surface area contributed by atoms with Crippen molar-refractivity contribution in [2.75, 3.05) is 6.61 Å². The Hall–Kier alpha value is -1.82. The monoisotopic (exact) mass is 377 g/mol. The van der Waals surface area contributed by atoms with E-state index in [0.29, 0.717) is 35.2 Å². The molecule has 0 saturated heterocycles. The van der Waals surface area contributed by atoms with E-state index in [1.54, 1.807) is 12.1 Å². The molecule has 1 amide bonds. The predicted molar refractivity (Wildman–Crippen MR) is 109 cm³/mol. The van der Waals surface area contributed by atoms with Gasteiger partial charge >= 0.3 is 0 Å². The quantitative estimate of drug-likeness (QED) is 0.520. The summed E-state index contributed by atoms with van der Waals surface area (Å²) in [6, 6.07) is 7.51. The molecule has 2 atom stereocenters. The summed E-state index contributed by atoms with van der Waals surface area (Å²) >= 11 is 5.29. The molecule has 1 saturated carbocycles. The van der Waals surface area contributed by atoms with Gasteiger partial charge in [-0.25, -0.2) is 0 Å². The lowest BCUT2D eigenvalue weighted by atomic mass is 9.86. The van der Waals surface area contributed by atoms with Crippen molar-refractivity contribution in [3.63, 3.8) is 0 Å². The molecule has 3 N–H and O–H groups in total. The van der Waals surface area contributed by atoms with Crippen molar-refractivity contribution >= 4 is 23.2 Å². The molecule has 1 aliphatic carbocycles. The zero-order valence-electron chi connectivity index (χ0n) is 16.0. The van der Waals surface area contributed by atoms with Crippen LogP contribution in [0.2, 0.25) is 0 Å². The molecule has 1 aromatic carbocycles. The average molecular weight is 378 g/mol. The van der Waals surface area contributed by atoms with E-state index in [1.165, 1.54) is 19.3 Å². The number of nitrogens with one attached hydrogen (secondary N) is 3. The van der Waals surface area contributed by atoms with Crippen molar-refractivity contribution in [3.8, 4) is 5.75 Å². The molecule has 1 fully saturated rings. The number of rotatable bonds is 6. The van der Waals surface area contributed by atoms with Gasteiger partial charge in [0.15, 0.2) is 5.11 Å². The zero-order valence-corrected chi connectivity index (χ0v) is 16.8. The molecule has 0 radical (unpaired) electrons. The molecule has 5 nitrogen and oxygen atoms in total. The Morgan fingerprint density at radius 1 is 1.19 bits per heavy atom. The van der Waals surface area contributed by atoms with Crippen molar-refractivity contribution < 1.29 is 9.53 Å². The van der Waals surface area contributed by atoms with Crippen molar-refractivity contribution in [3.05, 3.63) is 29.8 Å². The third-order valence-corrected chi connectivity index (χ3v) is 5.02.